The fraction of sp³-hybridized carbons (Fsp3) is 0.417. The van der Waals surface area contributed by atoms with Crippen LogP contribution in [0.3, 0.4) is 0 Å². The average Bonchev–Trinajstić information content (AvgIpc) is 2.29. The monoisotopic (exact) mass is 272 g/mol. The van der Waals surface area contributed by atoms with Crippen LogP contribution in [0.15, 0.2) is 18.2 Å². The van der Waals surface area contributed by atoms with E-state index in [4.69, 9.17) is 23.2 Å². The van der Waals surface area contributed by atoms with E-state index in [2.05, 4.69) is 5.32 Å². The molecular weight excluding hydrogens is 259 g/mol. The van der Waals surface area contributed by atoms with E-state index >= 15 is 0 Å². The molecule has 0 bridgehead atoms. The van der Waals surface area contributed by atoms with Crippen molar-refractivity contribution in [3.8, 4) is 0 Å². The predicted octanol–water partition coefficient (Wildman–Crippen LogP) is 2.43. The van der Waals surface area contributed by atoms with Gasteiger partial charge in [0.2, 0.25) is 0 Å². The molecule has 1 N–H and O–H groups in total. The highest BCUT2D eigenvalue weighted by Gasteiger charge is 2.26. The Morgan fingerprint density at radius 2 is 2.06 bits per heavy atom. The molecule has 1 amide bonds. The summed E-state index contributed by atoms with van der Waals surface area (Å²) in [5, 5.41) is 4.06. The van der Waals surface area contributed by atoms with E-state index in [0.717, 1.165) is 13.1 Å². The summed E-state index contributed by atoms with van der Waals surface area (Å²) in [5.41, 5.74) is 0.407. The summed E-state index contributed by atoms with van der Waals surface area (Å²) < 4.78 is 0. The van der Waals surface area contributed by atoms with Crippen molar-refractivity contribution < 1.29 is 4.79 Å². The van der Waals surface area contributed by atoms with E-state index in [0.29, 0.717) is 22.2 Å². The number of rotatable bonds is 1. The second-order valence-corrected chi connectivity index (χ2v) is 4.96. The van der Waals surface area contributed by atoms with Crippen molar-refractivity contribution in [2.45, 2.75) is 13.0 Å². The second-order valence-electron chi connectivity index (χ2n) is 4.15. The van der Waals surface area contributed by atoms with Crippen LogP contribution in [0.4, 0.5) is 0 Å². The molecule has 5 heteroatoms. The van der Waals surface area contributed by atoms with Gasteiger partial charge in [-0.25, -0.2) is 0 Å². The minimum absolute atomic E-state index is 0.0883. The van der Waals surface area contributed by atoms with Crippen LogP contribution in [0.2, 0.25) is 10.0 Å². The fourth-order valence-corrected chi connectivity index (χ4v) is 2.55. The van der Waals surface area contributed by atoms with E-state index in [1.54, 1.807) is 18.2 Å². The number of piperazine rings is 1. The third-order valence-electron chi connectivity index (χ3n) is 2.94. The van der Waals surface area contributed by atoms with Gasteiger partial charge in [-0.3, -0.25) is 4.79 Å². The summed E-state index contributed by atoms with van der Waals surface area (Å²) in [4.78, 5) is 14.2. The Balaban J connectivity index is 2.30. The van der Waals surface area contributed by atoms with Crippen LogP contribution in [0.1, 0.15) is 17.3 Å². The Labute approximate surface area is 111 Å². The molecule has 0 unspecified atom stereocenters. The van der Waals surface area contributed by atoms with Gasteiger partial charge in [-0.2, -0.15) is 0 Å². The first kappa shape index (κ1) is 12.7. The highest BCUT2D eigenvalue weighted by atomic mass is 35.5. The highest BCUT2D eigenvalue weighted by molar-refractivity contribution is 6.39. The lowest BCUT2D eigenvalue weighted by Crippen LogP contribution is -2.52. The molecule has 0 radical (unpaired) electrons. The Hall–Kier alpha value is -0.770. The van der Waals surface area contributed by atoms with Crippen molar-refractivity contribution in [1.82, 2.24) is 10.2 Å². The van der Waals surface area contributed by atoms with Gasteiger partial charge in [0.15, 0.2) is 0 Å². The molecule has 0 spiro atoms. The largest absolute Gasteiger partial charge is 0.333 e. The maximum absolute atomic E-state index is 12.4. The lowest BCUT2D eigenvalue weighted by Gasteiger charge is -2.34. The molecule has 92 valence electrons. The van der Waals surface area contributed by atoms with Gasteiger partial charge in [-0.1, -0.05) is 29.3 Å². The fourth-order valence-electron chi connectivity index (χ4n) is 1.99. The van der Waals surface area contributed by atoms with Crippen molar-refractivity contribution >= 4 is 29.1 Å². The molecule has 0 aromatic heterocycles. The maximum atomic E-state index is 12.4. The number of amides is 1. The Kier molecular flexibility index (Phi) is 3.92. The number of nitrogens with one attached hydrogen (secondary N) is 1. The third-order valence-corrected chi connectivity index (χ3v) is 3.57. The summed E-state index contributed by atoms with van der Waals surface area (Å²) in [6.45, 7) is 4.29. The molecule has 1 aliphatic heterocycles. The summed E-state index contributed by atoms with van der Waals surface area (Å²) in [5.74, 6) is -0.0883. The molecule has 3 nitrogen and oxygen atoms in total. The number of halogens is 2. The van der Waals surface area contributed by atoms with E-state index in [1.165, 1.54) is 0 Å². The van der Waals surface area contributed by atoms with Crippen LogP contribution in [-0.4, -0.2) is 36.5 Å². The van der Waals surface area contributed by atoms with Crippen LogP contribution >= 0.6 is 23.2 Å². The van der Waals surface area contributed by atoms with Crippen LogP contribution in [0, 0.1) is 0 Å². The standard InChI is InChI=1S/C12H14Cl2N2O/c1-8-7-15-5-6-16(8)12(17)11-9(13)3-2-4-10(11)14/h2-4,8,15H,5-7H2,1H3/t8-/m1/s1. The molecule has 1 fully saturated rings. The van der Waals surface area contributed by atoms with Gasteiger partial charge in [0, 0.05) is 25.7 Å². The molecule has 2 rings (SSSR count). The van der Waals surface area contributed by atoms with E-state index in [-0.39, 0.29) is 11.9 Å². The van der Waals surface area contributed by atoms with Gasteiger partial charge in [0.05, 0.1) is 15.6 Å². The molecule has 1 aliphatic rings. The molecule has 17 heavy (non-hydrogen) atoms. The molecule has 1 heterocycles. The normalized spacial score (nSPS) is 20.4. The highest BCUT2D eigenvalue weighted by Crippen LogP contribution is 2.26. The van der Waals surface area contributed by atoms with Gasteiger partial charge < -0.3 is 10.2 Å². The molecule has 1 aromatic rings. The summed E-state index contributed by atoms with van der Waals surface area (Å²) in [6, 6.07) is 5.27. The first-order valence-corrected chi connectivity index (χ1v) is 6.32. The number of benzene rings is 1. The van der Waals surface area contributed by atoms with E-state index < -0.39 is 0 Å². The number of carbonyl (C=O) groups excluding carboxylic acids is 1. The second kappa shape index (κ2) is 5.25. The average molecular weight is 273 g/mol. The molecule has 1 atom stereocenters. The van der Waals surface area contributed by atoms with Crippen LogP contribution in [-0.2, 0) is 0 Å². The minimum Gasteiger partial charge on any atom is -0.333 e. The SMILES string of the molecule is C[C@@H]1CNCCN1C(=O)c1c(Cl)cccc1Cl. The molecule has 0 saturated carbocycles. The van der Waals surface area contributed by atoms with Crippen molar-refractivity contribution in [1.29, 1.82) is 0 Å². The van der Waals surface area contributed by atoms with Crippen LogP contribution in [0.5, 0.6) is 0 Å². The first-order chi connectivity index (χ1) is 8.11. The summed E-state index contributed by atoms with van der Waals surface area (Å²) in [7, 11) is 0. The first-order valence-electron chi connectivity index (χ1n) is 5.57. The van der Waals surface area contributed by atoms with E-state index in [1.807, 2.05) is 11.8 Å². The Morgan fingerprint density at radius 3 is 2.65 bits per heavy atom. The maximum Gasteiger partial charge on any atom is 0.257 e. The topological polar surface area (TPSA) is 32.3 Å². The van der Waals surface area contributed by atoms with Crippen LogP contribution < -0.4 is 5.32 Å². The quantitative estimate of drug-likeness (QED) is 0.852. The zero-order valence-corrected chi connectivity index (χ0v) is 11.1. The third kappa shape index (κ3) is 2.57. The minimum atomic E-state index is -0.0883. The lowest BCUT2D eigenvalue weighted by molar-refractivity contribution is 0.0656. The van der Waals surface area contributed by atoms with Crippen molar-refractivity contribution in [2.75, 3.05) is 19.6 Å². The van der Waals surface area contributed by atoms with Crippen molar-refractivity contribution in [3.63, 3.8) is 0 Å². The van der Waals surface area contributed by atoms with Crippen molar-refractivity contribution in [2.24, 2.45) is 0 Å². The zero-order valence-electron chi connectivity index (χ0n) is 9.54. The van der Waals surface area contributed by atoms with Crippen LogP contribution in [0.25, 0.3) is 0 Å². The predicted molar refractivity (Wildman–Crippen MR) is 69.8 cm³/mol. The number of carbonyl (C=O) groups is 1. The van der Waals surface area contributed by atoms with Gasteiger partial charge >= 0.3 is 0 Å². The summed E-state index contributed by atoms with van der Waals surface area (Å²) >= 11 is 12.1. The Bertz CT molecular complexity index is 416. The zero-order chi connectivity index (χ0) is 12.4. The van der Waals surface area contributed by atoms with Crippen molar-refractivity contribution in [3.05, 3.63) is 33.8 Å². The summed E-state index contributed by atoms with van der Waals surface area (Å²) in [6.07, 6.45) is 0. The smallest absolute Gasteiger partial charge is 0.257 e. The number of nitrogens with zero attached hydrogens (tertiary/aromatic N) is 1. The Morgan fingerprint density at radius 1 is 1.41 bits per heavy atom. The number of hydrogen-bond donors (Lipinski definition) is 1. The lowest BCUT2D eigenvalue weighted by atomic mass is 10.1. The molecule has 0 aliphatic carbocycles. The molecule has 1 saturated heterocycles. The van der Waals surface area contributed by atoms with Gasteiger partial charge in [-0.05, 0) is 19.1 Å². The molecule has 1 aromatic carbocycles. The van der Waals surface area contributed by atoms with E-state index in [9.17, 15) is 4.79 Å². The van der Waals surface area contributed by atoms with Gasteiger partial charge in [-0.15, -0.1) is 0 Å². The van der Waals surface area contributed by atoms with Gasteiger partial charge in [0.25, 0.3) is 5.91 Å². The number of hydrogen-bond acceptors (Lipinski definition) is 2. The molecular formula is C12H14Cl2N2O. The van der Waals surface area contributed by atoms with Gasteiger partial charge in [0.1, 0.15) is 0 Å².